The van der Waals surface area contributed by atoms with Gasteiger partial charge in [-0.2, -0.15) is 0 Å². The number of hydrogen-bond acceptors (Lipinski definition) is 6. The Morgan fingerprint density at radius 3 is 2.83 bits per heavy atom. The fourth-order valence-corrected chi connectivity index (χ4v) is 6.33. The summed E-state index contributed by atoms with van der Waals surface area (Å²) < 4.78 is 7.02. The Morgan fingerprint density at radius 2 is 2.07 bits per heavy atom. The lowest BCUT2D eigenvalue weighted by Gasteiger charge is -2.29. The summed E-state index contributed by atoms with van der Waals surface area (Å²) in [6.45, 7) is 8.49. The molecule has 1 unspecified atom stereocenters. The molecule has 8 heteroatoms. The third-order valence-corrected chi connectivity index (χ3v) is 7.82. The van der Waals surface area contributed by atoms with Crippen molar-refractivity contribution in [3.8, 4) is 0 Å². The number of amides is 1. The molecule has 2 aliphatic rings. The van der Waals surface area contributed by atoms with Gasteiger partial charge in [0.15, 0.2) is 5.16 Å². The van der Waals surface area contributed by atoms with Crippen LogP contribution < -0.4 is 5.56 Å². The SMILES string of the molecule is C=CCn1c(SC(C)C(=O)N2CCOCC2)nc2sc3c(c2c1=O)CCCCC3. The molecule has 0 saturated carbocycles. The van der Waals surface area contributed by atoms with E-state index in [1.54, 1.807) is 22.0 Å². The van der Waals surface area contributed by atoms with Gasteiger partial charge in [0.05, 0.1) is 23.8 Å². The van der Waals surface area contributed by atoms with Crippen molar-refractivity contribution < 1.29 is 9.53 Å². The van der Waals surface area contributed by atoms with Gasteiger partial charge in [0.2, 0.25) is 5.91 Å². The number of carbonyl (C=O) groups excluding carboxylic acids is 1. The van der Waals surface area contributed by atoms with Crippen LogP contribution >= 0.6 is 23.1 Å². The molecular formula is C21H27N3O3S2. The topological polar surface area (TPSA) is 64.4 Å². The quantitative estimate of drug-likeness (QED) is 0.313. The van der Waals surface area contributed by atoms with Crippen LogP contribution in [0.2, 0.25) is 0 Å². The highest BCUT2D eigenvalue weighted by atomic mass is 32.2. The van der Waals surface area contributed by atoms with Crippen LogP contribution in [0.1, 0.15) is 36.6 Å². The van der Waals surface area contributed by atoms with E-state index in [0.29, 0.717) is 38.0 Å². The molecule has 1 aliphatic carbocycles. The van der Waals surface area contributed by atoms with Crippen LogP contribution in [0.5, 0.6) is 0 Å². The molecule has 1 fully saturated rings. The van der Waals surface area contributed by atoms with Crippen LogP contribution in [0.25, 0.3) is 10.2 Å². The molecule has 2 aromatic rings. The Hall–Kier alpha value is -1.64. The van der Waals surface area contributed by atoms with Crippen LogP contribution in [-0.4, -0.2) is 51.9 Å². The van der Waals surface area contributed by atoms with Crippen molar-refractivity contribution in [3.05, 3.63) is 33.4 Å². The molecule has 3 heterocycles. The van der Waals surface area contributed by atoms with Crippen LogP contribution in [0.3, 0.4) is 0 Å². The second-order valence-electron chi connectivity index (χ2n) is 7.54. The first-order valence-corrected chi connectivity index (χ1v) is 12.0. The second-order valence-corrected chi connectivity index (χ2v) is 9.93. The van der Waals surface area contributed by atoms with Crippen molar-refractivity contribution in [2.45, 2.75) is 56.0 Å². The standard InChI is InChI=1S/C21H27N3O3S2/c1-3-9-24-20(26)17-15-7-5-4-6-8-16(15)29-18(17)22-21(24)28-14(2)19(25)23-10-12-27-13-11-23/h3,14H,1,4-13H2,2H3. The van der Waals surface area contributed by atoms with E-state index in [0.717, 1.165) is 29.5 Å². The van der Waals surface area contributed by atoms with Crippen molar-refractivity contribution in [2.75, 3.05) is 26.3 Å². The maximum Gasteiger partial charge on any atom is 0.263 e. The maximum absolute atomic E-state index is 13.4. The molecule has 1 saturated heterocycles. The van der Waals surface area contributed by atoms with Gasteiger partial charge in [-0.3, -0.25) is 14.2 Å². The van der Waals surface area contributed by atoms with Crippen LogP contribution in [0.4, 0.5) is 0 Å². The Kier molecular flexibility index (Phi) is 6.41. The molecule has 2 aromatic heterocycles. The molecule has 1 amide bonds. The number of aromatic nitrogens is 2. The smallest absolute Gasteiger partial charge is 0.263 e. The summed E-state index contributed by atoms with van der Waals surface area (Å²) in [6.07, 6.45) is 7.23. The highest BCUT2D eigenvalue weighted by molar-refractivity contribution is 8.00. The number of thioether (sulfide) groups is 1. The fourth-order valence-electron chi connectivity index (χ4n) is 4.03. The van der Waals surface area contributed by atoms with Gasteiger partial charge in [-0.05, 0) is 38.2 Å². The Bertz CT molecular complexity index is 976. The zero-order valence-electron chi connectivity index (χ0n) is 16.8. The van der Waals surface area contributed by atoms with Crippen molar-refractivity contribution in [1.29, 1.82) is 0 Å². The first-order valence-electron chi connectivity index (χ1n) is 10.3. The van der Waals surface area contributed by atoms with Gasteiger partial charge in [0, 0.05) is 24.5 Å². The molecular weight excluding hydrogens is 406 g/mol. The normalized spacial score (nSPS) is 18.3. The maximum atomic E-state index is 13.4. The van der Waals surface area contributed by atoms with Gasteiger partial charge in [0.25, 0.3) is 5.56 Å². The van der Waals surface area contributed by atoms with E-state index < -0.39 is 0 Å². The number of thiophene rings is 1. The van der Waals surface area contributed by atoms with E-state index >= 15 is 0 Å². The third kappa shape index (κ3) is 4.15. The number of ether oxygens (including phenoxy) is 1. The molecule has 1 aliphatic heterocycles. The summed E-state index contributed by atoms with van der Waals surface area (Å²) in [5.74, 6) is 0.0692. The van der Waals surface area contributed by atoms with Gasteiger partial charge in [-0.25, -0.2) is 4.98 Å². The first kappa shape index (κ1) is 20.6. The minimum atomic E-state index is -0.314. The molecule has 0 bridgehead atoms. The monoisotopic (exact) mass is 433 g/mol. The fraction of sp³-hybridized carbons (Fsp3) is 0.571. The molecule has 0 radical (unpaired) electrons. The summed E-state index contributed by atoms with van der Waals surface area (Å²) in [5, 5.41) is 1.07. The summed E-state index contributed by atoms with van der Waals surface area (Å²) in [6, 6.07) is 0. The van der Waals surface area contributed by atoms with E-state index in [2.05, 4.69) is 6.58 Å². The Balaban J connectivity index is 1.69. The Morgan fingerprint density at radius 1 is 1.31 bits per heavy atom. The number of rotatable bonds is 5. The van der Waals surface area contributed by atoms with Gasteiger partial charge in [-0.1, -0.05) is 24.3 Å². The molecule has 1 atom stereocenters. The summed E-state index contributed by atoms with van der Waals surface area (Å²) >= 11 is 3.03. The lowest BCUT2D eigenvalue weighted by molar-refractivity contribution is -0.134. The zero-order chi connectivity index (χ0) is 20.4. The van der Waals surface area contributed by atoms with E-state index in [9.17, 15) is 9.59 Å². The number of aryl methyl sites for hydroxylation is 2. The average molecular weight is 434 g/mol. The summed E-state index contributed by atoms with van der Waals surface area (Å²) in [7, 11) is 0. The largest absolute Gasteiger partial charge is 0.378 e. The molecule has 0 aromatic carbocycles. The van der Waals surface area contributed by atoms with Gasteiger partial charge < -0.3 is 9.64 Å². The van der Waals surface area contributed by atoms with Crippen LogP contribution in [0, 0.1) is 0 Å². The third-order valence-electron chi connectivity index (χ3n) is 5.55. The predicted molar refractivity (Wildman–Crippen MR) is 118 cm³/mol. The number of morpholine rings is 1. The molecule has 156 valence electrons. The highest BCUT2D eigenvalue weighted by Gasteiger charge is 2.26. The first-order chi connectivity index (χ1) is 14.1. The van der Waals surface area contributed by atoms with Gasteiger partial charge in [-0.15, -0.1) is 17.9 Å². The van der Waals surface area contributed by atoms with Crippen molar-refractivity contribution in [1.82, 2.24) is 14.5 Å². The van der Waals surface area contributed by atoms with Crippen LogP contribution in [0.15, 0.2) is 22.6 Å². The van der Waals surface area contributed by atoms with Gasteiger partial charge >= 0.3 is 0 Å². The number of carbonyl (C=O) groups is 1. The van der Waals surface area contributed by atoms with E-state index in [1.165, 1.54) is 35.0 Å². The second kappa shape index (κ2) is 9.02. The summed E-state index contributed by atoms with van der Waals surface area (Å²) in [5.41, 5.74) is 1.20. The lowest BCUT2D eigenvalue weighted by atomic mass is 10.1. The average Bonchev–Trinajstić information content (AvgIpc) is 2.92. The highest BCUT2D eigenvalue weighted by Crippen LogP contribution is 2.34. The van der Waals surface area contributed by atoms with Crippen LogP contribution in [-0.2, 0) is 28.9 Å². The molecule has 0 spiro atoms. The zero-order valence-corrected chi connectivity index (χ0v) is 18.4. The van der Waals surface area contributed by atoms with Crippen molar-refractivity contribution >= 4 is 39.2 Å². The number of fused-ring (bicyclic) bond motifs is 3. The molecule has 4 rings (SSSR count). The van der Waals surface area contributed by atoms with E-state index in [1.807, 2.05) is 11.8 Å². The minimum absolute atomic E-state index is 0.00261. The number of hydrogen-bond donors (Lipinski definition) is 0. The number of allylic oxidation sites excluding steroid dienone is 1. The minimum Gasteiger partial charge on any atom is -0.378 e. The summed E-state index contributed by atoms with van der Waals surface area (Å²) in [4.78, 5) is 35.1. The molecule has 29 heavy (non-hydrogen) atoms. The van der Waals surface area contributed by atoms with Crippen molar-refractivity contribution in [2.24, 2.45) is 0 Å². The van der Waals surface area contributed by atoms with E-state index in [4.69, 9.17) is 9.72 Å². The van der Waals surface area contributed by atoms with E-state index in [-0.39, 0.29) is 16.7 Å². The van der Waals surface area contributed by atoms with Gasteiger partial charge in [0.1, 0.15) is 4.83 Å². The predicted octanol–water partition coefficient (Wildman–Crippen LogP) is 3.25. The number of nitrogens with zero attached hydrogens (tertiary/aromatic N) is 3. The Labute approximate surface area is 178 Å². The molecule has 0 N–H and O–H groups in total. The lowest BCUT2D eigenvalue weighted by Crippen LogP contribution is -2.44. The van der Waals surface area contributed by atoms with Crippen molar-refractivity contribution in [3.63, 3.8) is 0 Å². The molecule has 6 nitrogen and oxygen atoms in total.